The van der Waals surface area contributed by atoms with Crippen LogP contribution < -0.4 is 0 Å². The van der Waals surface area contributed by atoms with E-state index in [1.54, 1.807) is 28.6 Å². The van der Waals surface area contributed by atoms with Crippen molar-refractivity contribution in [2.75, 3.05) is 6.54 Å². The molecule has 3 atom stereocenters. The van der Waals surface area contributed by atoms with Crippen molar-refractivity contribution in [2.24, 2.45) is 5.41 Å². The molecule has 1 saturated heterocycles. The van der Waals surface area contributed by atoms with Crippen molar-refractivity contribution in [1.29, 1.82) is 0 Å². The Morgan fingerprint density at radius 1 is 1.30 bits per heavy atom. The van der Waals surface area contributed by atoms with Gasteiger partial charge in [-0.3, -0.25) is 0 Å². The maximum Gasteiger partial charge on any atom is 0.243 e. The number of alkyl halides is 1. The minimum Gasteiger partial charge on any atom is -0.207 e. The largest absolute Gasteiger partial charge is 0.243 e. The van der Waals surface area contributed by atoms with Crippen molar-refractivity contribution < 1.29 is 8.42 Å². The molecule has 0 saturated carbocycles. The van der Waals surface area contributed by atoms with E-state index in [1.165, 1.54) is 5.57 Å². The molecule has 3 nitrogen and oxygen atoms in total. The Labute approximate surface area is 128 Å². The average Bonchev–Trinajstić information content (AvgIpc) is 2.75. The van der Waals surface area contributed by atoms with Crippen LogP contribution in [0.2, 0.25) is 0 Å². The van der Waals surface area contributed by atoms with Gasteiger partial charge in [-0.2, -0.15) is 4.31 Å². The molecule has 0 N–H and O–H groups in total. The number of sulfonamides is 1. The van der Waals surface area contributed by atoms with E-state index >= 15 is 0 Å². The van der Waals surface area contributed by atoms with Crippen LogP contribution in [0.25, 0.3) is 0 Å². The van der Waals surface area contributed by atoms with Crippen LogP contribution in [0, 0.1) is 5.41 Å². The molecule has 2 aliphatic rings. The summed E-state index contributed by atoms with van der Waals surface area (Å²) in [4.78, 5) is 0.477. The topological polar surface area (TPSA) is 37.4 Å². The van der Waals surface area contributed by atoms with Gasteiger partial charge in [-0.1, -0.05) is 52.7 Å². The first-order valence-electron chi connectivity index (χ1n) is 6.74. The smallest absolute Gasteiger partial charge is 0.207 e. The lowest BCUT2D eigenvalue weighted by molar-refractivity contribution is 0.391. The summed E-state index contributed by atoms with van der Waals surface area (Å²) >= 11 is 3.63. The first-order valence-corrected chi connectivity index (χ1v) is 9.10. The molecule has 3 rings (SSSR count). The summed E-state index contributed by atoms with van der Waals surface area (Å²) in [6.07, 6.45) is 3.05. The molecule has 1 aromatic rings. The lowest BCUT2D eigenvalue weighted by Crippen LogP contribution is -2.39. The second-order valence-electron chi connectivity index (χ2n) is 5.99. The van der Waals surface area contributed by atoms with Gasteiger partial charge in [0.05, 0.1) is 4.90 Å². The minimum atomic E-state index is -3.42. The zero-order valence-corrected chi connectivity index (χ0v) is 14.0. The second kappa shape index (κ2) is 4.68. The average molecular weight is 356 g/mol. The first-order chi connectivity index (χ1) is 9.34. The summed E-state index contributed by atoms with van der Waals surface area (Å²) in [7, 11) is -3.42. The van der Waals surface area contributed by atoms with Crippen LogP contribution >= 0.6 is 15.9 Å². The summed E-state index contributed by atoms with van der Waals surface area (Å²) in [5.74, 6) is 0. The number of fused-ring (bicyclic) bond motifs is 2. The molecule has 0 unspecified atom stereocenters. The van der Waals surface area contributed by atoms with Crippen LogP contribution in [-0.2, 0) is 10.0 Å². The second-order valence-corrected chi connectivity index (χ2v) is 8.94. The molecule has 1 heterocycles. The van der Waals surface area contributed by atoms with Crippen LogP contribution in [0.15, 0.2) is 46.9 Å². The third kappa shape index (κ3) is 2.07. The van der Waals surface area contributed by atoms with Gasteiger partial charge < -0.3 is 0 Å². The van der Waals surface area contributed by atoms with E-state index in [2.05, 4.69) is 35.9 Å². The fourth-order valence-electron chi connectivity index (χ4n) is 3.19. The lowest BCUT2D eigenvalue weighted by Gasteiger charge is -2.30. The molecule has 20 heavy (non-hydrogen) atoms. The third-order valence-electron chi connectivity index (χ3n) is 4.61. The van der Waals surface area contributed by atoms with Crippen molar-refractivity contribution in [2.45, 2.75) is 36.0 Å². The Balaban J connectivity index is 2.02. The quantitative estimate of drug-likeness (QED) is 0.603. The highest BCUT2D eigenvalue weighted by molar-refractivity contribution is 9.09. The number of nitrogens with zero attached hydrogens (tertiary/aromatic N) is 1. The number of hydrogen-bond donors (Lipinski definition) is 0. The number of hydrogen-bond acceptors (Lipinski definition) is 2. The highest BCUT2D eigenvalue weighted by atomic mass is 79.9. The van der Waals surface area contributed by atoms with Crippen molar-refractivity contribution in [1.82, 2.24) is 4.31 Å². The maximum absolute atomic E-state index is 12.9. The fraction of sp³-hybridized carbons (Fsp3) is 0.467. The van der Waals surface area contributed by atoms with Gasteiger partial charge >= 0.3 is 0 Å². The number of rotatable bonds is 2. The van der Waals surface area contributed by atoms with Gasteiger partial charge in [-0.05, 0) is 25.5 Å². The Hall–Kier alpha value is -0.650. The minimum absolute atomic E-state index is 0.00825. The monoisotopic (exact) mass is 355 g/mol. The SMILES string of the molecule is CC1=C[C@@H](Br)[C@H]2C[C@@]1(C)CN2S(=O)(=O)c1ccccc1. The van der Waals surface area contributed by atoms with Crippen molar-refractivity contribution in [3.05, 3.63) is 42.0 Å². The van der Waals surface area contributed by atoms with Crippen molar-refractivity contribution in [3.63, 3.8) is 0 Å². The summed E-state index contributed by atoms with van der Waals surface area (Å²) in [6.45, 7) is 4.83. The van der Waals surface area contributed by atoms with Gasteiger partial charge in [0.15, 0.2) is 0 Å². The van der Waals surface area contributed by atoms with E-state index in [0.717, 1.165) is 6.42 Å². The molecule has 0 spiro atoms. The molecule has 5 heteroatoms. The van der Waals surface area contributed by atoms with E-state index in [1.807, 2.05) is 6.07 Å². The van der Waals surface area contributed by atoms with Gasteiger partial charge in [0.1, 0.15) is 0 Å². The van der Waals surface area contributed by atoms with E-state index in [9.17, 15) is 8.42 Å². The zero-order chi connectivity index (χ0) is 14.5. The molecule has 2 bridgehead atoms. The molecule has 108 valence electrons. The molecular formula is C15H18BrNO2S. The molecule has 0 amide bonds. The predicted molar refractivity (Wildman–Crippen MR) is 83.3 cm³/mol. The van der Waals surface area contributed by atoms with Crippen molar-refractivity contribution >= 4 is 26.0 Å². The molecule has 0 radical (unpaired) electrons. The highest BCUT2D eigenvalue weighted by Gasteiger charge is 2.51. The number of halogens is 1. The lowest BCUT2D eigenvalue weighted by atomic mass is 9.76. The molecular weight excluding hydrogens is 338 g/mol. The summed E-state index contributed by atoms with van der Waals surface area (Å²) in [5, 5.41) is 0. The van der Waals surface area contributed by atoms with Gasteiger partial charge in [0, 0.05) is 22.8 Å². The van der Waals surface area contributed by atoms with Crippen LogP contribution in [-0.4, -0.2) is 30.1 Å². The van der Waals surface area contributed by atoms with Gasteiger partial charge in [-0.25, -0.2) is 8.42 Å². The van der Waals surface area contributed by atoms with E-state index in [0.29, 0.717) is 11.4 Å². The van der Waals surface area contributed by atoms with Gasteiger partial charge in [-0.15, -0.1) is 0 Å². The van der Waals surface area contributed by atoms with Gasteiger partial charge in [0.25, 0.3) is 0 Å². The van der Waals surface area contributed by atoms with Gasteiger partial charge in [0.2, 0.25) is 10.0 Å². The molecule has 1 aromatic carbocycles. The number of benzene rings is 1. The fourth-order valence-corrected chi connectivity index (χ4v) is 6.00. The zero-order valence-electron chi connectivity index (χ0n) is 11.6. The molecule has 1 fully saturated rings. The van der Waals surface area contributed by atoms with Crippen LogP contribution in [0.4, 0.5) is 0 Å². The van der Waals surface area contributed by atoms with Crippen molar-refractivity contribution in [3.8, 4) is 0 Å². The third-order valence-corrected chi connectivity index (χ3v) is 7.37. The van der Waals surface area contributed by atoms with Crippen LogP contribution in [0.1, 0.15) is 20.3 Å². The first kappa shape index (κ1) is 14.3. The van der Waals surface area contributed by atoms with E-state index in [-0.39, 0.29) is 16.3 Å². The Kier molecular flexibility index (Phi) is 3.35. The Bertz CT molecular complexity index is 656. The summed E-state index contributed by atoms with van der Waals surface area (Å²) in [5.41, 5.74) is 1.25. The molecule has 1 aliphatic carbocycles. The summed E-state index contributed by atoms with van der Waals surface area (Å²) in [6, 6.07) is 8.72. The predicted octanol–water partition coefficient (Wildman–Crippen LogP) is 3.18. The molecule has 1 aliphatic heterocycles. The summed E-state index contributed by atoms with van der Waals surface area (Å²) < 4.78 is 27.4. The Morgan fingerprint density at radius 2 is 1.95 bits per heavy atom. The van der Waals surface area contributed by atoms with E-state index < -0.39 is 10.0 Å². The van der Waals surface area contributed by atoms with Crippen LogP contribution in [0.3, 0.4) is 0 Å². The standard InChI is InChI=1S/C15H18BrNO2S/c1-11-8-13(16)14-9-15(11,2)10-17(14)20(18,19)12-6-4-3-5-7-12/h3-8,13-14H,9-10H2,1-2H3/t13-,14-,15+/m1/s1. The normalized spacial score (nSPS) is 34.0. The molecule has 0 aromatic heterocycles. The Morgan fingerprint density at radius 3 is 2.60 bits per heavy atom. The van der Waals surface area contributed by atoms with Crippen LogP contribution in [0.5, 0.6) is 0 Å². The highest BCUT2D eigenvalue weighted by Crippen LogP contribution is 2.49. The maximum atomic E-state index is 12.9. The van der Waals surface area contributed by atoms with E-state index in [4.69, 9.17) is 0 Å².